The lowest BCUT2D eigenvalue weighted by molar-refractivity contribution is -0.384. The lowest BCUT2D eigenvalue weighted by Crippen LogP contribution is -2.40. The van der Waals surface area contributed by atoms with Gasteiger partial charge in [0.2, 0.25) is 10.0 Å². The number of rotatable bonds is 3. The zero-order chi connectivity index (χ0) is 17.7. The van der Waals surface area contributed by atoms with Crippen molar-refractivity contribution in [3.63, 3.8) is 0 Å². The van der Waals surface area contributed by atoms with E-state index in [9.17, 15) is 18.5 Å². The van der Waals surface area contributed by atoms with Gasteiger partial charge in [0.05, 0.1) is 9.67 Å². The second kappa shape index (κ2) is 5.58. The van der Waals surface area contributed by atoms with Crippen LogP contribution >= 0.6 is 0 Å². The summed E-state index contributed by atoms with van der Waals surface area (Å²) in [7, 11) is -3.46. The van der Waals surface area contributed by atoms with Crippen molar-refractivity contribution in [1.29, 1.82) is 0 Å². The summed E-state index contributed by atoms with van der Waals surface area (Å²) >= 11 is 0. The largest absolute Gasteiger partial charge is 0.287 e. The van der Waals surface area contributed by atoms with Crippen molar-refractivity contribution in [2.75, 3.05) is 0 Å². The summed E-state index contributed by atoms with van der Waals surface area (Å²) in [4.78, 5) is 10.6. The van der Waals surface area contributed by atoms with E-state index in [1.165, 1.54) is 6.07 Å². The lowest BCUT2D eigenvalue weighted by atomic mass is 9.92. The van der Waals surface area contributed by atoms with E-state index < -0.39 is 14.8 Å². The highest BCUT2D eigenvalue weighted by atomic mass is 32.2. The Kier molecular flexibility index (Phi) is 3.94. The van der Waals surface area contributed by atoms with Gasteiger partial charge in [-0.1, -0.05) is 6.07 Å². The minimum absolute atomic E-state index is 0.0870. The predicted molar refractivity (Wildman–Crippen MR) is 92.1 cm³/mol. The molecular formula is C17H22N2O4S. The van der Waals surface area contributed by atoms with Gasteiger partial charge in [-0.3, -0.25) is 14.8 Å². The summed E-state index contributed by atoms with van der Waals surface area (Å²) in [5.74, 6) is 0.139. The third-order valence-corrected chi connectivity index (χ3v) is 7.01. The standard InChI is InChI=1S/C17H22N2O4S/c1-17(2,3)24(22,23)18-16-12-4-5-13(16)9-14-10-15(19(20)21)7-6-11(14)8-12/h6-7,10,12,18H,4-5,8-9H2,1-3H3/t12-/m0/s1. The number of sulfonamides is 1. The molecule has 0 amide bonds. The molecule has 0 saturated carbocycles. The number of benzene rings is 1. The van der Waals surface area contributed by atoms with Gasteiger partial charge in [-0.05, 0) is 63.2 Å². The first kappa shape index (κ1) is 17.0. The van der Waals surface area contributed by atoms with Crippen LogP contribution in [-0.2, 0) is 22.9 Å². The number of hydrogen-bond acceptors (Lipinski definition) is 4. The molecule has 2 aliphatic carbocycles. The molecule has 1 atom stereocenters. The molecule has 24 heavy (non-hydrogen) atoms. The summed E-state index contributed by atoms with van der Waals surface area (Å²) < 4.78 is 27.0. The van der Waals surface area contributed by atoms with Crippen molar-refractivity contribution < 1.29 is 13.3 Å². The second-order valence-electron chi connectivity index (χ2n) is 7.56. The maximum atomic E-state index is 12.5. The first-order valence-corrected chi connectivity index (χ1v) is 9.57. The maximum Gasteiger partial charge on any atom is 0.269 e. The van der Waals surface area contributed by atoms with Crippen LogP contribution in [0.1, 0.15) is 44.7 Å². The van der Waals surface area contributed by atoms with Crippen molar-refractivity contribution in [1.82, 2.24) is 4.72 Å². The second-order valence-corrected chi connectivity index (χ2v) is 10.00. The molecule has 7 heteroatoms. The molecule has 0 radical (unpaired) electrons. The van der Waals surface area contributed by atoms with Gasteiger partial charge in [0, 0.05) is 23.7 Å². The van der Waals surface area contributed by atoms with Gasteiger partial charge in [0.1, 0.15) is 0 Å². The highest BCUT2D eigenvalue weighted by Crippen LogP contribution is 2.40. The van der Waals surface area contributed by atoms with Crippen LogP contribution in [0.4, 0.5) is 5.69 Å². The molecule has 130 valence electrons. The number of nitro groups is 1. The first-order valence-electron chi connectivity index (χ1n) is 8.09. The van der Waals surface area contributed by atoms with Crippen LogP contribution in [0, 0.1) is 16.0 Å². The molecule has 1 aromatic carbocycles. The van der Waals surface area contributed by atoms with E-state index in [0.717, 1.165) is 41.7 Å². The third kappa shape index (κ3) is 2.92. The molecule has 0 heterocycles. The third-order valence-electron chi connectivity index (χ3n) is 4.91. The van der Waals surface area contributed by atoms with E-state index in [4.69, 9.17) is 0 Å². The summed E-state index contributed by atoms with van der Waals surface area (Å²) in [5, 5.41) is 11.0. The van der Waals surface area contributed by atoms with Crippen LogP contribution < -0.4 is 4.72 Å². The van der Waals surface area contributed by atoms with Crippen LogP contribution in [0.2, 0.25) is 0 Å². The quantitative estimate of drug-likeness (QED) is 0.670. The molecule has 0 fully saturated rings. The number of non-ortho nitro benzene ring substituents is 1. The van der Waals surface area contributed by atoms with Gasteiger partial charge in [0.25, 0.3) is 5.69 Å². The molecular weight excluding hydrogens is 328 g/mol. The predicted octanol–water partition coefficient (Wildman–Crippen LogP) is 3.08. The Morgan fingerprint density at radius 1 is 1.25 bits per heavy atom. The van der Waals surface area contributed by atoms with Crippen molar-refractivity contribution in [2.24, 2.45) is 5.92 Å². The Balaban J connectivity index is 1.97. The van der Waals surface area contributed by atoms with Crippen LogP contribution in [-0.4, -0.2) is 18.1 Å². The summed E-state index contributed by atoms with van der Waals surface area (Å²) in [6.07, 6.45) is 3.07. The topological polar surface area (TPSA) is 89.3 Å². The fourth-order valence-corrected chi connectivity index (χ4v) is 4.25. The Morgan fingerprint density at radius 3 is 2.58 bits per heavy atom. The fourth-order valence-electron chi connectivity index (χ4n) is 3.34. The van der Waals surface area contributed by atoms with E-state index in [2.05, 4.69) is 4.72 Å². The van der Waals surface area contributed by atoms with Crippen molar-refractivity contribution in [2.45, 2.75) is 51.2 Å². The smallest absolute Gasteiger partial charge is 0.269 e. The number of fused-ring (bicyclic) bond motifs is 2. The zero-order valence-electron chi connectivity index (χ0n) is 14.1. The van der Waals surface area contributed by atoms with Gasteiger partial charge < -0.3 is 0 Å². The van der Waals surface area contributed by atoms with Gasteiger partial charge in [-0.2, -0.15) is 0 Å². The molecule has 2 aliphatic rings. The molecule has 0 unspecified atom stereocenters. The average molecular weight is 350 g/mol. The normalized spacial score (nSPS) is 20.5. The summed E-state index contributed by atoms with van der Waals surface area (Å²) in [5.41, 5.74) is 3.97. The van der Waals surface area contributed by atoms with Crippen LogP contribution in [0.3, 0.4) is 0 Å². The Morgan fingerprint density at radius 2 is 1.96 bits per heavy atom. The first-order chi connectivity index (χ1) is 11.1. The number of allylic oxidation sites excluding steroid dienone is 2. The maximum absolute atomic E-state index is 12.5. The van der Waals surface area contributed by atoms with E-state index in [0.29, 0.717) is 6.42 Å². The van der Waals surface area contributed by atoms with Gasteiger partial charge in [-0.15, -0.1) is 0 Å². The number of nitrogens with one attached hydrogen (secondary N) is 1. The van der Waals surface area contributed by atoms with Crippen molar-refractivity contribution >= 4 is 15.7 Å². The SMILES string of the molecule is CC(C)(C)S(=O)(=O)NC1=C2CC[C@H]1Cc1ccc([N+](=O)[O-])cc1C2. The fraction of sp³-hybridized carbons (Fsp3) is 0.529. The summed E-state index contributed by atoms with van der Waals surface area (Å²) in [6, 6.07) is 4.96. The Hall–Kier alpha value is -1.89. The molecule has 0 aliphatic heterocycles. The van der Waals surface area contributed by atoms with E-state index in [-0.39, 0.29) is 16.5 Å². The highest BCUT2D eigenvalue weighted by Gasteiger charge is 2.36. The Labute approximate surface area is 142 Å². The van der Waals surface area contributed by atoms with Gasteiger partial charge >= 0.3 is 0 Å². The van der Waals surface area contributed by atoms with E-state index >= 15 is 0 Å². The average Bonchev–Trinajstić information content (AvgIpc) is 2.72. The van der Waals surface area contributed by atoms with Crippen LogP contribution in [0.5, 0.6) is 0 Å². The number of hydrogen-bond donors (Lipinski definition) is 1. The van der Waals surface area contributed by atoms with E-state index in [1.54, 1.807) is 26.8 Å². The zero-order valence-corrected chi connectivity index (χ0v) is 14.9. The molecule has 0 saturated heterocycles. The molecule has 2 bridgehead atoms. The molecule has 1 aromatic rings. The molecule has 0 spiro atoms. The van der Waals surface area contributed by atoms with Gasteiger partial charge in [0.15, 0.2) is 0 Å². The molecule has 3 rings (SSSR count). The molecule has 6 nitrogen and oxygen atoms in total. The highest BCUT2D eigenvalue weighted by molar-refractivity contribution is 7.90. The van der Waals surface area contributed by atoms with Crippen LogP contribution in [0.25, 0.3) is 0 Å². The van der Waals surface area contributed by atoms with Gasteiger partial charge in [-0.25, -0.2) is 8.42 Å². The van der Waals surface area contributed by atoms with E-state index in [1.807, 2.05) is 6.07 Å². The lowest BCUT2D eigenvalue weighted by Gasteiger charge is -2.24. The number of nitro benzene ring substituents is 1. The summed E-state index contributed by atoms with van der Waals surface area (Å²) in [6.45, 7) is 5.03. The minimum atomic E-state index is -3.46. The monoisotopic (exact) mass is 350 g/mol. The number of nitrogens with zero attached hydrogens (tertiary/aromatic N) is 1. The molecule has 0 aromatic heterocycles. The Bertz CT molecular complexity index is 835. The van der Waals surface area contributed by atoms with Crippen molar-refractivity contribution in [3.05, 3.63) is 50.7 Å². The van der Waals surface area contributed by atoms with Crippen LogP contribution in [0.15, 0.2) is 29.5 Å². The van der Waals surface area contributed by atoms with Crippen molar-refractivity contribution in [3.8, 4) is 0 Å². The minimum Gasteiger partial charge on any atom is -0.287 e. The molecule has 1 N–H and O–H groups in total.